The second-order valence-electron chi connectivity index (χ2n) is 2.62. The first kappa shape index (κ1) is 9.26. The van der Waals surface area contributed by atoms with Gasteiger partial charge in [0.25, 0.3) is 0 Å². The molecule has 1 rings (SSSR count). The van der Waals surface area contributed by atoms with Gasteiger partial charge in [-0.05, 0) is 0 Å². The van der Waals surface area contributed by atoms with Crippen molar-refractivity contribution in [1.82, 2.24) is 9.97 Å². The molecule has 0 radical (unpaired) electrons. The van der Waals surface area contributed by atoms with E-state index >= 15 is 0 Å². The molecule has 0 aromatic carbocycles. The first-order valence-corrected chi connectivity index (χ1v) is 3.88. The molecule has 5 nitrogen and oxygen atoms in total. The zero-order chi connectivity index (χ0) is 9.68. The predicted octanol–water partition coefficient (Wildman–Crippen LogP) is 0.115. The number of aryl methyl sites for hydroxylation is 1. The maximum absolute atomic E-state index is 10.7. The van der Waals surface area contributed by atoms with Crippen molar-refractivity contribution < 1.29 is 4.79 Å². The molecule has 0 aliphatic carbocycles. The van der Waals surface area contributed by atoms with Gasteiger partial charge in [0.2, 0.25) is 0 Å². The number of carbonyl (C=O) groups is 1. The van der Waals surface area contributed by atoms with Gasteiger partial charge in [0.15, 0.2) is 0 Å². The van der Waals surface area contributed by atoms with Crippen LogP contribution in [0.4, 0.5) is 0 Å². The van der Waals surface area contributed by atoms with Gasteiger partial charge >= 0.3 is 11.9 Å². The number of primary amides is 1. The van der Waals surface area contributed by atoms with E-state index in [0.717, 1.165) is 5.82 Å². The number of amides is 1. The molecule has 0 aliphatic rings. The molecule has 0 aliphatic heterocycles. The molecule has 1 heterocycles. The van der Waals surface area contributed by atoms with Crippen molar-refractivity contribution in [3.8, 4) is 0 Å². The van der Waals surface area contributed by atoms with Crippen LogP contribution in [0.25, 0.3) is 4.85 Å². The van der Waals surface area contributed by atoms with Crippen molar-refractivity contribution in [2.24, 2.45) is 5.73 Å². The second kappa shape index (κ2) is 4.26. The molecular formula is C8H10N4O. The maximum Gasteiger partial charge on any atom is 0.300 e. The van der Waals surface area contributed by atoms with E-state index in [-0.39, 0.29) is 0 Å². The van der Waals surface area contributed by atoms with E-state index in [1.807, 2.05) is 0 Å². The molecule has 0 saturated heterocycles. The molecule has 1 amide bonds. The number of aromatic amines is 1. The average molecular weight is 178 g/mol. The van der Waals surface area contributed by atoms with E-state index in [9.17, 15) is 4.79 Å². The standard InChI is InChI=1S/C8H10N4O/c1-10-6(8(9)13)2-3-7-11-4-5-12-7/h4-6H,2-3H2,(H2,9,13)(H,11,12). The normalized spacial score (nSPS) is 11.9. The van der Waals surface area contributed by atoms with Crippen LogP contribution in [-0.2, 0) is 11.2 Å². The van der Waals surface area contributed by atoms with Gasteiger partial charge < -0.3 is 15.6 Å². The molecular weight excluding hydrogens is 168 g/mol. The van der Waals surface area contributed by atoms with Gasteiger partial charge in [0.05, 0.1) is 0 Å². The number of nitrogens with one attached hydrogen (secondary N) is 1. The number of H-pyrrole nitrogens is 1. The summed E-state index contributed by atoms with van der Waals surface area (Å²) in [6.45, 7) is 6.71. The van der Waals surface area contributed by atoms with Crippen LogP contribution in [0, 0.1) is 6.57 Å². The Kier molecular flexibility index (Phi) is 3.03. The van der Waals surface area contributed by atoms with E-state index in [1.54, 1.807) is 12.4 Å². The highest BCUT2D eigenvalue weighted by atomic mass is 16.1. The molecule has 5 heteroatoms. The smallest absolute Gasteiger partial charge is 0.300 e. The molecule has 3 N–H and O–H groups in total. The molecule has 0 saturated carbocycles. The van der Waals surface area contributed by atoms with Crippen molar-refractivity contribution in [2.45, 2.75) is 18.9 Å². The minimum atomic E-state index is -0.731. The van der Waals surface area contributed by atoms with Gasteiger partial charge in [-0.25, -0.2) is 11.6 Å². The molecule has 13 heavy (non-hydrogen) atoms. The predicted molar refractivity (Wildman–Crippen MR) is 46.5 cm³/mol. The Hall–Kier alpha value is -1.83. The third-order valence-corrected chi connectivity index (χ3v) is 1.69. The Morgan fingerprint density at radius 1 is 1.85 bits per heavy atom. The van der Waals surface area contributed by atoms with Crippen LogP contribution in [0.15, 0.2) is 12.4 Å². The third-order valence-electron chi connectivity index (χ3n) is 1.69. The van der Waals surface area contributed by atoms with Gasteiger partial charge in [-0.1, -0.05) is 0 Å². The zero-order valence-corrected chi connectivity index (χ0v) is 7.03. The lowest BCUT2D eigenvalue weighted by molar-refractivity contribution is -0.118. The largest absolute Gasteiger partial charge is 0.363 e. The Balaban J connectivity index is 2.42. The SMILES string of the molecule is [C-]#[N+]C(CCc1ncc[nH]1)C(N)=O. The van der Waals surface area contributed by atoms with Gasteiger partial charge in [0.1, 0.15) is 5.82 Å². The summed E-state index contributed by atoms with van der Waals surface area (Å²) in [4.78, 5) is 20.6. The quantitative estimate of drug-likeness (QED) is 0.642. The van der Waals surface area contributed by atoms with E-state index < -0.39 is 11.9 Å². The first-order valence-electron chi connectivity index (χ1n) is 3.88. The third kappa shape index (κ3) is 2.60. The second-order valence-corrected chi connectivity index (χ2v) is 2.62. The fourth-order valence-corrected chi connectivity index (χ4v) is 0.979. The Bertz CT molecular complexity index is 311. The lowest BCUT2D eigenvalue weighted by Crippen LogP contribution is -2.26. The topological polar surface area (TPSA) is 76.1 Å². The number of carbonyl (C=O) groups excluding carboxylic acids is 1. The van der Waals surface area contributed by atoms with Crippen LogP contribution in [0.5, 0.6) is 0 Å². The summed E-state index contributed by atoms with van der Waals surface area (Å²) < 4.78 is 0. The summed E-state index contributed by atoms with van der Waals surface area (Å²) in [5, 5.41) is 0. The Labute approximate surface area is 75.8 Å². The first-order chi connectivity index (χ1) is 6.24. The lowest BCUT2D eigenvalue weighted by atomic mass is 10.1. The van der Waals surface area contributed by atoms with Crippen LogP contribution in [0.1, 0.15) is 12.2 Å². The lowest BCUT2D eigenvalue weighted by Gasteiger charge is -1.98. The van der Waals surface area contributed by atoms with Gasteiger partial charge in [0, 0.05) is 25.2 Å². The highest BCUT2D eigenvalue weighted by Gasteiger charge is 2.19. The highest BCUT2D eigenvalue weighted by Crippen LogP contribution is 2.02. The summed E-state index contributed by atoms with van der Waals surface area (Å²) in [6, 6.07) is -0.731. The number of imidazole rings is 1. The monoisotopic (exact) mass is 178 g/mol. The van der Waals surface area contributed by atoms with Crippen molar-refractivity contribution >= 4 is 5.91 Å². The number of nitrogens with zero attached hydrogens (tertiary/aromatic N) is 2. The van der Waals surface area contributed by atoms with E-state index in [4.69, 9.17) is 12.3 Å². The number of hydrogen-bond donors (Lipinski definition) is 2. The fraction of sp³-hybridized carbons (Fsp3) is 0.375. The molecule has 0 bridgehead atoms. The van der Waals surface area contributed by atoms with Crippen molar-refractivity contribution in [3.05, 3.63) is 29.6 Å². The van der Waals surface area contributed by atoms with Crippen LogP contribution in [-0.4, -0.2) is 21.9 Å². The Morgan fingerprint density at radius 2 is 2.62 bits per heavy atom. The average Bonchev–Trinajstić information content (AvgIpc) is 2.57. The van der Waals surface area contributed by atoms with Gasteiger partial charge in [-0.15, -0.1) is 0 Å². The fourth-order valence-electron chi connectivity index (χ4n) is 0.979. The van der Waals surface area contributed by atoms with Gasteiger partial charge in [-0.2, -0.15) is 0 Å². The number of hydrogen-bond acceptors (Lipinski definition) is 2. The molecule has 1 aromatic rings. The van der Waals surface area contributed by atoms with Crippen LogP contribution >= 0.6 is 0 Å². The molecule has 1 aromatic heterocycles. The van der Waals surface area contributed by atoms with E-state index in [1.165, 1.54) is 0 Å². The van der Waals surface area contributed by atoms with Gasteiger partial charge in [-0.3, -0.25) is 4.79 Å². The van der Waals surface area contributed by atoms with E-state index in [0.29, 0.717) is 12.8 Å². The number of nitrogens with two attached hydrogens (primary N) is 1. The molecule has 1 unspecified atom stereocenters. The molecule has 1 atom stereocenters. The Morgan fingerprint density at radius 3 is 3.08 bits per heavy atom. The minimum absolute atomic E-state index is 0.423. The van der Waals surface area contributed by atoms with Crippen LogP contribution < -0.4 is 5.73 Å². The maximum atomic E-state index is 10.7. The summed E-state index contributed by atoms with van der Waals surface area (Å²) in [5.74, 6) is 0.205. The summed E-state index contributed by atoms with van der Waals surface area (Å²) in [7, 11) is 0. The summed E-state index contributed by atoms with van der Waals surface area (Å²) in [6.07, 6.45) is 4.33. The van der Waals surface area contributed by atoms with Crippen molar-refractivity contribution in [3.63, 3.8) is 0 Å². The summed E-state index contributed by atoms with van der Waals surface area (Å²) in [5.41, 5.74) is 5.00. The zero-order valence-electron chi connectivity index (χ0n) is 7.03. The minimum Gasteiger partial charge on any atom is -0.363 e. The number of rotatable bonds is 4. The molecule has 0 fully saturated rings. The highest BCUT2D eigenvalue weighted by molar-refractivity contribution is 5.81. The van der Waals surface area contributed by atoms with Crippen molar-refractivity contribution in [2.75, 3.05) is 0 Å². The molecule has 0 spiro atoms. The van der Waals surface area contributed by atoms with Crippen LogP contribution in [0.2, 0.25) is 0 Å². The number of aromatic nitrogens is 2. The van der Waals surface area contributed by atoms with Crippen LogP contribution in [0.3, 0.4) is 0 Å². The van der Waals surface area contributed by atoms with E-state index in [2.05, 4.69) is 14.8 Å². The molecule has 68 valence electrons. The summed E-state index contributed by atoms with van der Waals surface area (Å²) >= 11 is 0. The van der Waals surface area contributed by atoms with Crippen molar-refractivity contribution in [1.29, 1.82) is 0 Å².